The molecule has 0 aromatic rings. The fourth-order valence-corrected chi connectivity index (χ4v) is 1.47. The minimum Gasteiger partial charge on any atom is -0.357 e. The van der Waals surface area contributed by atoms with Gasteiger partial charge in [-0.25, -0.2) is 0 Å². The van der Waals surface area contributed by atoms with Gasteiger partial charge < -0.3 is 10.6 Å². The van der Waals surface area contributed by atoms with Crippen molar-refractivity contribution in [3.05, 3.63) is 12.7 Å². The first-order chi connectivity index (χ1) is 8.40. The second-order valence-corrected chi connectivity index (χ2v) is 4.87. The molecule has 106 valence electrons. The molecule has 0 amide bonds. The molecule has 0 bridgehead atoms. The van der Waals surface area contributed by atoms with Gasteiger partial charge in [-0.2, -0.15) is 8.42 Å². The Hall–Kier alpha value is -0.960. The molecule has 1 heterocycles. The lowest BCUT2D eigenvalue weighted by Crippen LogP contribution is -2.31. The number of amidine groups is 1. The van der Waals surface area contributed by atoms with Crippen LogP contribution in [0.1, 0.15) is 13.3 Å². The molecule has 0 aromatic carbocycles. The Labute approximate surface area is 109 Å². The average Bonchev–Trinajstić information content (AvgIpc) is 2.71. The zero-order valence-corrected chi connectivity index (χ0v) is 11.8. The quantitative estimate of drug-likeness (QED) is 0.718. The predicted octanol–water partition coefficient (Wildman–Crippen LogP) is 0.105. The maximum atomic E-state index is 9.92. The van der Waals surface area contributed by atoms with E-state index in [0.29, 0.717) is 0 Å². The summed E-state index contributed by atoms with van der Waals surface area (Å²) in [5.41, 5.74) is 5.66. The zero-order chi connectivity index (χ0) is 14.2. The van der Waals surface area contributed by atoms with Crippen LogP contribution in [0.4, 0.5) is 0 Å². The Bertz CT molecular complexity index is 371. The highest BCUT2D eigenvalue weighted by Gasteiger charge is 2.18. The summed E-state index contributed by atoms with van der Waals surface area (Å²) >= 11 is 0. The summed E-state index contributed by atoms with van der Waals surface area (Å²) in [5.74, 6) is 1.08. The Morgan fingerprint density at radius 3 is 2.44 bits per heavy atom. The summed E-state index contributed by atoms with van der Waals surface area (Å²) in [4.78, 5) is 6.47. The summed E-state index contributed by atoms with van der Waals surface area (Å²) in [6.45, 7) is 7.62. The zero-order valence-electron chi connectivity index (χ0n) is 11.0. The van der Waals surface area contributed by atoms with Crippen LogP contribution >= 0.6 is 0 Å². The summed E-state index contributed by atoms with van der Waals surface area (Å²) in [6.07, 6.45) is 2.67. The molecule has 1 aliphatic heterocycles. The number of hydrogen-bond acceptors (Lipinski definition) is 7. The van der Waals surface area contributed by atoms with E-state index < -0.39 is 10.4 Å². The van der Waals surface area contributed by atoms with Gasteiger partial charge >= 0.3 is 10.4 Å². The number of aliphatic imine (C=N–C) groups is 1. The van der Waals surface area contributed by atoms with Crippen LogP contribution in [0.5, 0.6) is 0 Å². The van der Waals surface area contributed by atoms with Crippen molar-refractivity contribution in [1.82, 2.24) is 4.90 Å². The van der Waals surface area contributed by atoms with Crippen LogP contribution in [0.25, 0.3) is 0 Å². The van der Waals surface area contributed by atoms with Gasteiger partial charge in [-0.1, -0.05) is 6.08 Å². The van der Waals surface area contributed by atoms with Crippen molar-refractivity contribution in [1.29, 1.82) is 0 Å². The Morgan fingerprint density at radius 1 is 1.56 bits per heavy atom. The molecule has 18 heavy (non-hydrogen) atoms. The maximum absolute atomic E-state index is 9.92. The topological polar surface area (TPSA) is 94.2 Å². The maximum Gasteiger partial charge on any atom is 0.399 e. The number of likely N-dealkylation sites (N-methyl/N-ethyl adjacent to an activating group) is 1. The molecule has 8 heteroatoms. The van der Waals surface area contributed by atoms with Gasteiger partial charge in [-0.3, -0.25) is 13.4 Å². The Kier molecular flexibility index (Phi) is 7.76. The Morgan fingerprint density at radius 2 is 2.11 bits per heavy atom. The fraction of sp³-hybridized carbons (Fsp3) is 0.700. The molecular weight excluding hydrogens is 258 g/mol. The van der Waals surface area contributed by atoms with E-state index in [9.17, 15) is 8.42 Å². The number of rotatable bonds is 5. The minimum atomic E-state index is -3.66. The molecule has 0 radical (unpaired) electrons. The standard InChI is InChI=1S/C8H15N3.C2H6O4S/c1-3-5-8-10-7(9)6-11(8)4-2;1-5-7(3,4)6-2/h3,7H,1,4-6,9H2,2H3;1-2H3. The lowest BCUT2D eigenvalue weighted by atomic mass is 10.3. The van der Waals surface area contributed by atoms with E-state index in [2.05, 4.69) is 31.8 Å². The average molecular weight is 279 g/mol. The van der Waals surface area contributed by atoms with Crippen LogP contribution in [-0.4, -0.2) is 52.6 Å². The highest BCUT2D eigenvalue weighted by Crippen LogP contribution is 2.07. The summed E-state index contributed by atoms with van der Waals surface area (Å²) in [5, 5.41) is 0. The lowest BCUT2D eigenvalue weighted by Gasteiger charge is -2.16. The van der Waals surface area contributed by atoms with Crippen molar-refractivity contribution in [2.24, 2.45) is 10.7 Å². The molecule has 0 fully saturated rings. The first-order valence-electron chi connectivity index (χ1n) is 5.44. The van der Waals surface area contributed by atoms with Gasteiger partial charge in [0.05, 0.1) is 20.8 Å². The number of hydrogen-bond donors (Lipinski definition) is 1. The van der Waals surface area contributed by atoms with E-state index in [0.717, 1.165) is 39.6 Å². The first-order valence-corrected chi connectivity index (χ1v) is 6.77. The molecule has 1 atom stereocenters. The normalized spacial score (nSPS) is 19.0. The fourth-order valence-electron chi connectivity index (χ4n) is 1.34. The first kappa shape index (κ1) is 17.0. The van der Waals surface area contributed by atoms with Gasteiger partial charge in [-0.05, 0) is 6.92 Å². The molecule has 2 N–H and O–H groups in total. The molecule has 0 aromatic heterocycles. The van der Waals surface area contributed by atoms with Crippen molar-refractivity contribution in [3.8, 4) is 0 Å². The summed E-state index contributed by atoms with van der Waals surface area (Å²) < 4.78 is 27.5. The van der Waals surface area contributed by atoms with Crippen molar-refractivity contribution in [2.75, 3.05) is 27.3 Å². The molecule has 0 saturated carbocycles. The van der Waals surface area contributed by atoms with E-state index in [1.54, 1.807) is 0 Å². The molecule has 1 aliphatic rings. The molecule has 1 unspecified atom stereocenters. The van der Waals surface area contributed by atoms with Gasteiger partial charge in [0.15, 0.2) is 0 Å². The van der Waals surface area contributed by atoms with Gasteiger partial charge in [-0.15, -0.1) is 6.58 Å². The molecule has 0 spiro atoms. The van der Waals surface area contributed by atoms with E-state index in [-0.39, 0.29) is 6.17 Å². The third-order valence-corrected chi connectivity index (χ3v) is 3.02. The van der Waals surface area contributed by atoms with Crippen molar-refractivity contribution < 1.29 is 16.8 Å². The molecule has 0 saturated heterocycles. The Balaban J connectivity index is 0.000000360. The minimum absolute atomic E-state index is 0.0232. The monoisotopic (exact) mass is 279 g/mol. The third kappa shape index (κ3) is 6.10. The van der Waals surface area contributed by atoms with Gasteiger partial charge in [0, 0.05) is 13.0 Å². The van der Waals surface area contributed by atoms with E-state index in [4.69, 9.17) is 5.73 Å². The van der Waals surface area contributed by atoms with Crippen molar-refractivity contribution in [3.63, 3.8) is 0 Å². The highest BCUT2D eigenvalue weighted by atomic mass is 32.3. The van der Waals surface area contributed by atoms with Crippen LogP contribution in [0.15, 0.2) is 17.6 Å². The highest BCUT2D eigenvalue weighted by molar-refractivity contribution is 7.81. The lowest BCUT2D eigenvalue weighted by molar-refractivity contribution is 0.286. The molecule has 7 nitrogen and oxygen atoms in total. The van der Waals surface area contributed by atoms with Crippen molar-refractivity contribution in [2.45, 2.75) is 19.5 Å². The third-order valence-electron chi connectivity index (χ3n) is 2.20. The van der Waals surface area contributed by atoms with E-state index >= 15 is 0 Å². The van der Waals surface area contributed by atoms with E-state index in [1.165, 1.54) is 0 Å². The second-order valence-electron chi connectivity index (χ2n) is 3.39. The number of nitrogens with two attached hydrogens (primary N) is 1. The molecule has 0 aliphatic carbocycles. The van der Waals surface area contributed by atoms with Crippen LogP contribution in [0.2, 0.25) is 0 Å². The van der Waals surface area contributed by atoms with Gasteiger partial charge in [0.1, 0.15) is 12.0 Å². The van der Waals surface area contributed by atoms with Crippen LogP contribution < -0.4 is 5.73 Å². The molecule has 1 rings (SSSR count). The van der Waals surface area contributed by atoms with Gasteiger partial charge in [0.2, 0.25) is 0 Å². The second kappa shape index (κ2) is 8.20. The summed E-state index contributed by atoms with van der Waals surface area (Å²) in [7, 11) is -1.60. The van der Waals surface area contributed by atoms with Crippen molar-refractivity contribution >= 4 is 16.2 Å². The molecular formula is C10H21N3O4S. The van der Waals surface area contributed by atoms with Crippen LogP contribution in [-0.2, 0) is 18.8 Å². The van der Waals surface area contributed by atoms with E-state index in [1.807, 2.05) is 6.08 Å². The largest absolute Gasteiger partial charge is 0.399 e. The van der Waals surface area contributed by atoms with Gasteiger partial charge in [0.25, 0.3) is 0 Å². The van der Waals surface area contributed by atoms with Crippen LogP contribution in [0.3, 0.4) is 0 Å². The predicted molar refractivity (Wildman–Crippen MR) is 70.4 cm³/mol. The van der Waals surface area contributed by atoms with Crippen LogP contribution in [0, 0.1) is 0 Å². The smallest absolute Gasteiger partial charge is 0.357 e. The summed E-state index contributed by atoms with van der Waals surface area (Å²) in [6, 6.07) is 0. The SMILES string of the molecule is C=CCC1=NC(N)CN1CC.COS(=O)(=O)OC. The number of nitrogens with zero attached hydrogens (tertiary/aromatic N) is 2.